The molecule has 3 N–H and O–H groups in total. The summed E-state index contributed by atoms with van der Waals surface area (Å²) in [6.07, 6.45) is 6.10. The Morgan fingerprint density at radius 3 is 1.70 bits per heavy atom. The van der Waals surface area contributed by atoms with Crippen LogP contribution in [0.4, 0.5) is 0 Å². The van der Waals surface area contributed by atoms with Crippen molar-refractivity contribution in [3.63, 3.8) is 0 Å². The van der Waals surface area contributed by atoms with Crippen molar-refractivity contribution in [3.05, 3.63) is 117 Å². The number of amides is 2. The van der Waals surface area contributed by atoms with Gasteiger partial charge in [-0.3, -0.25) is 9.59 Å². The van der Waals surface area contributed by atoms with Gasteiger partial charge < -0.3 is 20.4 Å². The maximum Gasteiger partial charge on any atom is 0.335 e. The molecule has 5 rings (SSSR count). The Kier molecular flexibility index (Phi) is 8.57. The molecule has 0 bridgehead atoms. The molecule has 2 aliphatic rings. The fraction of sp³-hybridized carbons (Fsp3) is 0.257. The zero-order chi connectivity index (χ0) is 30.7. The molecule has 3 aromatic rings. The van der Waals surface area contributed by atoms with Gasteiger partial charge in [-0.2, -0.15) is 0 Å². The summed E-state index contributed by atoms with van der Waals surface area (Å²) in [5, 5.41) is 22.1. The number of carbonyl (C=O) groups is 4. The van der Waals surface area contributed by atoms with Crippen LogP contribution in [0.15, 0.2) is 77.9 Å². The first kappa shape index (κ1) is 29.5. The summed E-state index contributed by atoms with van der Waals surface area (Å²) in [5.41, 5.74) is 4.97. The van der Waals surface area contributed by atoms with E-state index in [-0.39, 0.29) is 28.8 Å². The van der Waals surface area contributed by atoms with E-state index in [0.29, 0.717) is 28.1 Å². The molecular formula is C35H34N2O6. The van der Waals surface area contributed by atoms with Crippen LogP contribution in [0, 0.1) is 0 Å². The summed E-state index contributed by atoms with van der Waals surface area (Å²) in [6.45, 7) is 4.15. The second kappa shape index (κ2) is 12.5. The number of hydrogen-bond donors (Lipinski definition) is 3. The van der Waals surface area contributed by atoms with Crippen molar-refractivity contribution in [2.75, 3.05) is 0 Å². The van der Waals surface area contributed by atoms with Crippen LogP contribution in [-0.2, 0) is 29.0 Å². The normalized spacial score (nSPS) is 14.4. The van der Waals surface area contributed by atoms with Crippen molar-refractivity contribution in [3.8, 4) is 0 Å². The van der Waals surface area contributed by atoms with Crippen LogP contribution >= 0.6 is 0 Å². The molecule has 0 radical (unpaired) electrons. The number of nitrogens with zero attached hydrogens (tertiary/aromatic N) is 1. The van der Waals surface area contributed by atoms with Gasteiger partial charge in [-0.1, -0.05) is 75.2 Å². The number of fused-ring (bicyclic) bond motifs is 1. The van der Waals surface area contributed by atoms with Gasteiger partial charge in [-0.05, 0) is 71.7 Å². The third-order valence-corrected chi connectivity index (χ3v) is 7.87. The zero-order valence-corrected chi connectivity index (χ0v) is 24.3. The molecule has 2 aliphatic heterocycles. The Labute approximate surface area is 250 Å². The second-order valence-electron chi connectivity index (χ2n) is 10.9. The SMILES string of the molecule is CCCCc1ccc(C2=C3C(=O)N(Cc4cc(C(=O)O)cc(C(=O)O)c4)C(c4ccc(CCCC)cc4)=C3C(=O)N2)cc1. The molecule has 2 heterocycles. The van der Waals surface area contributed by atoms with Crippen LogP contribution in [-0.4, -0.2) is 38.9 Å². The molecule has 0 aliphatic carbocycles. The van der Waals surface area contributed by atoms with Crippen molar-refractivity contribution < 1.29 is 29.4 Å². The molecule has 8 heteroatoms. The topological polar surface area (TPSA) is 124 Å². The molecule has 220 valence electrons. The quantitative estimate of drug-likeness (QED) is 0.240. The highest BCUT2D eigenvalue weighted by Gasteiger charge is 2.45. The minimum Gasteiger partial charge on any atom is -0.478 e. The monoisotopic (exact) mass is 578 g/mol. The highest BCUT2D eigenvalue weighted by Crippen LogP contribution is 2.43. The Morgan fingerprint density at radius 1 is 0.698 bits per heavy atom. The Balaban J connectivity index is 1.62. The summed E-state index contributed by atoms with van der Waals surface area (Å²) in [5.74, 6) is -3.36. The van der Waals surface area contributed by atoms with Crippen molar-refractivity contribution in [2.45, 2.75) is 58.9 Å². The molecule has 3 aromatic carbocycles. The standard InChI is InChI=1S/C35H34N2O6/c1-3-5-7-21-9-13-24(14-10-21)30-28-29(32(38)36-30)31(25-15-11-22(12-16-25)8-6-4-2)37(33(28)39)20-23-17-26(34(40)41)19-27(18-23)35(42)43/h9-19H,3-8,20H2,1-2H3,(H,36,38)(H,40,41)(H,42,43). The number of benzene rings is 3. The maximum absolute atomic E-state index is 14.2. The summed E-state index contributed by atoms with van der Waals surface area (Å²) < 4.78 is 0. The second-order valence-corrected chi connectivity index (χ2v) is 10.9. The Bertz CT molecular complexity index is 1630. The van der Waals surface area contributed by atoms with Gasteiger partial charge in [0.05, 0.1) is 40.2 Å². The minimum atomic E-state index is -1.28. The zero-order valence-electron chi connectivity index (χ0n) is 24.3. The number of carboxylic acids is 2. The third kappa shape index (κ3) is 6.00. The van der Waals surface area contributed by atoms with Crippen LogP contribution in [0.3, 0.4) is 0 Å². The molecule has 0 saturated carbocycles. The summed E-state index contributed by atoms with van der Waals surface area (Å²) >= 11 is 0. The Morgan fingerprint density at radius 2 is 1.21 bits per heavy atom. The lowest BCUT2D eigenvalue weighted by Crippen LogP contribution is -2.27. The van der Waals surface area contributed by atoms with Gasteiger partial charge in [0.2, 0.25) is 0 Å². The van der Waals surface area contributed by atoms with Crippen molar-refractivity contribution in [2.24, 2.45) is 0 Å². The predicted octanol–water partition coefficient (Wildman–Crippen LogP) is 6.06. The highest BCUT2D eigenvalue weighted by molar-refractivity contribution is 6.30. The smallest absolute Gasteiger partial charge is 0.335 e. The molecular weight excluding hydrogens is 544 g/mol. The van der Waals surface area contributed by atoms with E-state index < -0.39 is 23.8 Å². The van der Waals surface area contributed by atoms with Crippen molar-refractivity contribution >= 4 is 35.1 Å². The number of aromatic carboxylic acids is 2. The average molecular weight is 579 g/mol. The lowest BCUT2D eigenvalue weighted by atomic mass is 9.99. The van der Waals surface area contributed by atoms with Gasteiger partial charge >= 0.3 is 11.9 Å². The van der Waals surface area contributed by atoms with Crippen LogP contribution in [0.25, 0.3) is 11.4 Å². The highest BCUT2D eigenvalue weighted by atomic mass is 16.4. The molecule has 43 heavy (non-hydrogen) atoms. The van der Waals surface area contributed by atoms with Crippen molar-refractivity contribution in [1.82, 2.24) is 10.2 Å². The van der Waals surface area contributed by atoms with E-state index in [4.69, 9.17) is 0 Å². The fourth-order valence-electron chi connectivity index (χ4n) is 5.60. The lowest BCUT2D eigenvalue weighted by Gasteiger charge is -2.22. The number of aryl methyl sites for hydroxylation is 2. The van der Waals surface area contributed by atoms with Gasteiger partial charge in [0, 0.05) is 0 Å². The summed E-state index contributed by atoms with van der Waals surface area (Å²) in [7, 11) is 0. The van der Waals surface area contributed by atoms with Crippen LogP contribution in [0.5, 0.6) is 0 Å². The third-order valence-electron chi connectivity index (χ3n) is 7.87. The number of hydrogen-bond acceptors (Lipinski definition) is 4. The Hall–Kier alpha value is -4.98. The first-order valence-electron chi connectivity index (χ1n) is 14.6. The van der Waals surface area contributed by atoms with E-state index in [1.165, 1.54) is 22.6 Å². The van der Waals surface area contributed by atoms with Gasteiger partial charge in [0.1, 0.15) is 0 Å². The van der Waals surface area contributed by atoms with Crippen LogP contribution < -0.4 is 5.32 Å². The number of carbonyl (C=O) groups excluding carboxylic acids is 2. The lowest BCUT2D eigenvalue weighted by molar-refractivity contribution is -0.123. The first-order valence-corrected chi connectivity index (χ1v) is 14.6. The fourth-order valence-corrected chi connectivity index (χ4v) is 5.60. The van der Waals surface area contributed by atoms with E-state index in [9.17, 15) is 29.4 Å². The number of unbranched alkanes of at least 4 members (excludes halogenated alkanes) is 2. The van der Waals surface area contributed by atoms with E-state index in [1.807, 2.05) is 48.5 Å². The number of rotatable bonds is 12. The maximum atomic E-state index is 14.2. The summed E-state index contributed by atoms with van der Waals surface area (Å²) in [6, 6.07) is 19.4. The molecule has 0 fully saturated rings. The number of nitrogens with one attached hydrogen (secondary N) is 1. The minimum absolute atomic E-state index is 0.114. The van der Waals surface area contributed by atoms with Crippen LogP contribution in [0.1, 0.15) is 88.1 Å². The average Bonchev–Trinajstić information content (AvgIpc) is 3.49. The number of carboxylic acid groups (broad SMARTS) is 2. The van der Waals surface area contributed by atoms with Gasteiger partial charge in [0.15, 0.2) is 0 Å². The van der Waals surface area contributed by atoms with Crippen LogP contribution in [0.2, 0.25) is 0 Å². The van der Waals surface area contributed by atoms with E-state index in [2.05, 4.69) is 19.2 Å². The van der Waals surface area contributed by atoms with Gasteiger partial charge in [-0.15, -0.1) is 0 Å². The van der Waals surface area contributed by atoms with Gasteiger partial charge in [-0.25, -0.2) is 9.59 Å². The van der Waals surface area contributed by atoms with Gasteiger partial charge in [0.25, 0.3) is 11.8 Å². The molecule has 0 aromatic heterocycles. The molecule has 0 saturated heterocycles. The first-order chi connectivity index (χ1) is 20.7. The largest absolute Gasteiger partial charge is 0.478 e. The predicted molar refractivity (Wildman–Crippen MR) is 163 cm³/mol. The molecule has 8 nitrogen and oxygen atoms in total. The van der Waals surface area contributed by atoms with E-state index >= 15 is 0 Å². The molecule has 0 spiro atoms. The molecule has 0 atom stereocenters. The molecule has 2 amide bonds. The van der Waals surface area contributed by atoms with Crippen molar-refractivity contribution in [1.29, 1.82) is 0 Å². The van der Waals surface area contributed by atoms with E-state index in [1.54, 1.807) is 0 Å². The molecule has 0 unspecified atom stereocenters. The summed E-state index contributed by atoms with van der Waals surface area (Å²) in [4.78, 5) is 52.7. The van der Waals surface area contributed by atoms with E-state index in [0.717, 1.165) is 50.2 Å².